The molecular weight excluding hydrogens is 292 g/mol. The topological polar surface area (TPSA) is 75.3 Å². The van der Waals surface area contributed by atoms with Gasteiger partial charge >= 0.3 is 0 Å². The van der Waals surface area contributed by atoms with E-state index in [1.807, 2.05) is 0 Å². The second kappa shape index (κ2) is 5.88. The SMILES string of the molecule is CC(=O)Nc1ccc(C=C2C(=O)NC(=O)c3ccccc32)cc1. The van der Waals surface area contributed by atoms with E-state index in [-0.39, 0.29) is 11.8 Å². The van der Waals surface area contributed by atoms with Crippen LogP contribution in [0, 0.1) is 0 Å². The standard InChI is InChI=1S/C18H14N2O3/c1-11(21)19-13-8-6-12(7-9-13)10-16-14-4-2-3-5-15(14)17(22)20-18(16)23/h2-10H,1H3,(H,19,21)(H,20,22,23). The molecular formula is C18H14N2O3. The van der Waals surface area contributed by atoms with Crippen molar-refractivity contribution in [1.82, 2.24) is 5.32 Å². The van der Waals surface area contributed by atoms with Crippen molar-refractivity contribution in [3.63, 3.8) is 0 Å². The van der Waals surface area contributed by atoms with Gasteiger partial charge < -0.3 is 5.32 Å². The van der Waals surface area contributed by atoms with Crippen LogP contribution in [0.15, 0.2) is 48.5 Å². The number of imide groups is 1. The van der Waals surface area contributed by atoms with E-state index < -0.39 is 5.91 Å². The molecule has 23 heavy (non-hydrogen) atoms. The first kappa shape index (κ1) is 14.7. The van der Waals surface area contributed by atoms with Crippen molar-refractivity contribution in [2.24, 2.45) is 0 Å². The van der Waals surface area contributed by atoms with E-state index in [0.29, 0.717) is 22.4 Å². The van der Waals surface area contributed by atoms with Crippen LogP contribution in [-0.2, 0) is 9.59 Å². The molecule has 5 heteroatoms. The number of nitrogens with one attached hydrogen (secondary N) is 2. The molecule has 0 aromatic heterocycles. The smallest absolute Gasteiger partial charge is 0.258 e. The highest BCUT2D eigenvalue weighted by Crippen LogP contribution is 2.26. The largest absolute Gasteiger partial charge is 0.326 e. The first-order chi connectivity index (χ1) is 11.0. The average Bonchev–Trinajstić information content (AvgIpc) is 2.52. The summed E-state index contributed by atoms with van der Waals surface area (Å²) in [5.74, 6) is -0.946. The monoisotopic (exact) mass is 306 g/mol. The molecule has 0 atom stereocenters. The molecule has 0 unspecified atom stereocenters. The van der Waals surface area contributed by atoms with E-state index in [0.717, 1.165) is 5.56 Å². The summed E-state index contributed by atoms with van der Waals surface area (Å²) in [6.45, 7) is 1.44. The van der Waals surface area contributed by atoms with Crippen LogP contribution in [0.2, 0.25) is 0 Å². The fourth-order valence-corrected chi connectivity index (χ4v) is 2.45. The molecule has 5 nitrogen and oxygen atoms in total. The number of anilines is 1. The summed E-state index contributed by atoms with van der Waals surface area (Å²) in [7, 11) is 0. The lowest BCUT2D eigenvalue weighted by Gasteiger charge is -2.18. The summed E-state index contributed by atoms with van der Waals surface area (Å²) in [5.41, 5.74) is 3.02. The van der Waals surface area contributed by atoms with Gasteiger partial charge in [0.05, 0.1) is 0 Å². The van der Waals surface area contributed by atoms with Gasteiger partial charge in [-0.15, -0.1) is 0 Å². The Labute approximate surface area is 133 Å². The van der Waals surface area contributed by atoms with Crippen LogP contribution >= 0.6 is 0 Å². The molecule has 3 amide bonds. The number of hydrogen-bond acceptors (Lipinski definition) is 3. The highest BCUT2D eigenvalue weighted by Gasteiger charge is 2.26. The zero-order chi connectivity index (χ0) is 16.4. The fourth-order valence-electron chi connectivity index (χ4n) is 2.45. The number of amides is 3. The molecule has 2 N–H and O–H groups in total. The van der Waals surface area contributed by atoms with Crippen LogP contribution in [0.5, 0.6) is 0 Å². The second-order valence-corrected chi connectivity index (χ2v) is 5.19. The average molecular weight is 306 g/mol. The summed E-state index contributed by atoms with van der Waals surface area (Å²) in [6, 6.07) is 14.1. The molecule has 0 spiro atoms. The summed E-state index contributed by atoms with van der Waals surface area (Å²) in [4.78, 5) is 35.0. The number of rotatable bonds is 2. The van der Waals surface area contributed by atoms with Gasteiger partial charge in [0, 0.05) is 23.7 Å². The molecule has 0 aliphatic carbocycles. The van der Waals surface area contributed by atoms with Crippen molar-refractivity contribution in [3.8, 4) is 0 Å². The number of carbonyl (C=O) groups excluding carboxylic acids is 3. The number of carbonyl (C=O) groups is 3. The molecule has 0 saturated heterocycles. The highest BCUT2D eigenvalue weighted by atomic mass is 16.2. The zero-order valence-corrected chi connectivity index (χ0v) is 12.4. The molecule has 3 rings (SSSR count). The van der Waals surface area contributed by atoms with Crippen LogP contribution in [0.4, 0.5) is 5.69 Å². The summed E-state index contributed by atoms with van der Waals surface area (Å²) in [5, 5.41) is 5.02. The lowest BCUT2D eigenvalue weighted by atomic mass is 9.93. The van der Waals surface area contributed by atoms with E-state index in [1.54, 1.807) is 54.6 Å². The van der Waals surface area contributed by atoms with Crippen molar-refractivity contribution < 1.29 is 14.4 Å². The minimum Gasteiger partial charge on any atom is -0.326 e. The summed E-state index contributed by atoms with van der Waals surface area (Å²) >= 11 is 0. The Balaban J connectivity index is 1.98. The molecule has 0 bridgehead atoms. The maximum Gasteiger partial charge on any atom is 0.258 e. The van der Waals surface area contributed by atoms with Crippen molar-refractivity contribution >= 4 is 35.1 Å². The van der Waals surface area contributed by atoms with Crippen LogP contribution in [0.25, 0.3) is 11.6 Å². The van der Waals surface area contributed by atoms with Gasteiger partial charge in [-0.1, -0.05) is 30.3 Å². The molecule has 2 aromatic carbocycles. The van der Waals surface area contributed by atoms with E-state index in [4.69, 9.17) is 0 Å². The molecule has 0 radical (unpaired) electrons. The Kier molecular flexibility index (Phi) is 3.76. The van der Waals surface area contributed by atoms with Crippen LogP contribution < -0.4 is 10.6 Å². The van der Waals surface area contributed by atoms with Gasteiger partial charge in [0.1, 0.15) is 0 Å². The first-order valence-electron chi connectivity index (χ1n) is 7.09. The third-order valence-electron chi connectivity index (χ3n) is 3.48. The zero-order valence-electron chi connectivity index (χ0n) is 12.4. The van der Waals surface area contributed by atoms with Crippen molar-refractivity contribution in [2.75, 3.05) is 5.32 Å². The van der Waals surface area contributed by atoms with Crippen molar-refractivity contribution in [2.45, 2.75) is 6.92 Å². The normalized spacial score (nSPS) is 15.1. The predicted molar refractivity (Wildman–Crippen MR) is 87.5 cm³/mol. The van der Waals surface area contributed by atoms with Crippen LogP contribution in [-0.4, -0.2) is 17.7 Å². The highest BCUT2D eigenvalue weighted by molar-refractivity contribution is 6.33. The lowest BCUT2D eigenvalue weighted by Crippen LogP contribution is -2.36. The third kappa shape index (κ3) is 3.03. The molecule has 1 aliphatic heterocycles. The molecule has 1 heterocycles. The van der Waals surface area contributed by atoms with Gasteiger partial charge in [0.25, 0.3) is 11.8 Å². The maximum atomic E-state index is 12.1. The van der Waals surface area contributed by atoms with E-state index in [9.17, 15) is 14.4 Å². The summed E-state index contributed by atoms with van der Waals surface area (Å²) in [6.07, 6.45) is 1.72. The van der Waals surface area contributed by atoms with Crippen molar-refractivity contribution in [1.29, 1.82) is 0 Å². The lowest BCUT2D eigenvalue weighted by molar-refractivity contribution is -0.115. The Hall–Kier alpha value is -3.21. The molecule has 1 aliphatic rings. The molecule has 0 saturated carbocycles. The minimum absolute atomic E-state index is 0.143. The number of fused-ring (bicyclic) bond motifs is 1. The van der Waals surface area contributed by atoms with E-state index in [1.165, 1.54) is 6.92 Å². The third-order valence-corrected chi connectivity index (χ3v) is 3.48. The quantitative estimate of drug-likeness (QED) is 0.661. The second-order valence-electron chi connectivity index (χ2n) is 5.19. The van der Waals surface area contributed by atoms with Gasteiger partial charge in [0.15, 0.2) is 0 Å². The Morgan fingerprint density at radius 2 is 1.61 bits per heavy atom. The minimum atomic E-state index is -0.417. The van der Waals surface area contributed by atoms with E-state index >= 15 is 0 Å². The van der Waals surface area contributed by atoms with Crippen LogP contribution in [0.1, 0.15) is 28.4 Å². The number of benzene rings is 2. The predicted octanol–water partition coefficient (Wildman–Crippen LogP) is 2.46. The summed E-state index contributed by atoms with van der Waals surface area (Å²) < 4.78 is 0. The Morgan fingerprint density at radius 1 is 0.957 bits per heavy atom. The Morgan fingerprint density at radius 3 is 2.26 bits per heavy atom. The van der Waals surface area contributed by atoms with Gasteiger partial charge in [-0.05, 0) is 35.4 Å². The van der Waals surface area contributed by atoms with Crippen LogP contribution in [0.3, 0.4) is 0 Å². The van der Waals surface area contributed by atoms with Gasteiger partial charge in [-0.2, -0.15) is 0 Å². The van der Waals surface area contributed by atoms with Gasteiger partial charge in [-0.3, -0.25) is 19.7 Å². The molecule has 2 aromatic rings. The van der Waals surface area contributed by atoms with Crippen molar-refractivity contribution in [3.05, 3.63) is 65.2 Å². The fraction of sp³-hybridized carbons (Fsp3) is 0.0556. The number of hydrogen-bond donors (Lipinski definition) is 2. The molecule has 0 fully saturated rings. The van der Waals surface area contributed by atoms with E-state index in [2.05, 4.69) is 10.6 Å². The first-order valence-corrected chi connectivity index (χ1v) is 7.09. The Bertz CT molecular complexity index is 836. The van der Waals surface area contributed by atoms with Gasteiger partial charge in [-0.25, -0.2) is 0 Å². The molecule has 114 valence electrons. The van der Waals surface area contributed by atoms with Gasteiger partial charge in [0.2, 0.25) is 5.91 Å². The maximum absolute atomic E-state index is 12.1.